The van der Waals surface area contributed by atoms with E-state index in [0.29, 0.717) is 30.0 Å². The average molecular weight is 624 g/mol. The first kappa shape index (κ1) is 33.0. The van der Waals surface area contributed by atoms with Gasteiger partial charge >= 0.3 is 0 Å². The number of amides is 2. The van der Waals surface area contributed by atoms with E-state index in [-0.39, 0.29) is 49.6 Å². The molecule has 0 aliphatic heterocycles. The van der Waals surface area contributed by atoms with Gasteiger partial charge in [-0.3, -0.25) is 13.9 Å². The number of hydrogen-bond donors (Lipinski definition) is 1. The second-order valence-corrected chi connectivity index (χ2v) is 13.1. The fourth-order valence-electron chi connectivity index (χ4n) is 5.59. The van der Waals surface area contributed by atoms with Gasteiger partial charge in [0.05, 0.1) is 18.6 Å². The van der Waals surface area contributed by atoms with Crippen molar-refractivity contribution in [1.29, 1.82) is 0 Å². The molecule has 1 fully saturated rings. The van der Waals surface area contributed by atoms with E-state index in [1.807, 2.05) is 37.3 Å². The smallest absolute Gasteiger partial charge is 0.243 e. The van der Waals surface area contributed by atoms with Crippen molar-refractivity contribution in [2.75, 3.05) is 23.7 Å². The van der Waals surface area contributed by atoms with Gasteiger partial charge in [-0.2, -0.15) is 0 Å². The lowest BCUT2D eigenvalue weighted by Gasteiger charge is -2.33. The molecular formula is C34H42FN3O5S. The van der Waals surface area contributed by atoms with Gasteiger partial charge in [-0.25, -0.2) is 12.8 Å². The van der Waals surface area contributed by atoms with E-state index in [0.717, 1.165) is 37.5 Å². The number of hydrogen-bond acceptors (Lipinski definition) is 5. The van der Waals surface area contributed by atoms with Crippen molar-refractivity contribution in [2.24, 2.45) is 0 Å². The Balaban J connectivity index is 1.56. The third-order valence-electron chi connectivity index (χ3n) is 7.83. The summed E-state index contributed by atoms with van der Waals surface area (Å²) in [5.41, 5.74) is 2.08. The topological polar surface area (TPSA) is 96.0 Å². The molecule has 2 amide bonds. The van der Waals surface area contributed by atoms with Gasteiger partial charge in [0.15, 0.2) is 0 Å². The Kier molecular flexibility index (Phi) is 11.8. The zero-order valence-corrected chi connectivity index (χ0v) is 26.3. The first-order valence-electron chi connectivity index (χ1n) is 15.2. The first-order chi connectivity index (χ1) is 21.1. The van der Waals surface area contributed by atoms with Crippen LogP contribution >= 0.6 is 0 Å². The summed E-state index contributed by atoms with van der Waals surface area (Å²) in [5, 5.41) is 3.17. The lowest BCUT2D eigenvalue weighted by molar-refractivity contribution is -0.141. The molecule has 44 heavy (non-hydrogen) atoms. The predicted molar refractivity (Wildman–Crippen MR) is 170 cm³/mol. The number of anilines is 1. The fourth-order valence-corrected chi connectivity index (χ4v) is 6.55. The Hall–Kier alpha value is -3.92. The number of carbonyl (C=O) groups is 2. The van der Waals surface area contributed by atoms with Gasteiger partial charge < -0.3 is 15.0 Å². The minimum Gasteiger partial charge on any atom is -0.494 e. The number of carbonyl (C=O) groups excluding carboxylic acids is 2. The molecule has 3 aromatic carbocycles. The zero-order chi connectivity index (χ0) is 31.5. The monoisotopic (exact) mass is 623 g/mol. The maximum atomic E-state index is 14.0. The number of ether oxygens (including phenoxy) is 1. The molecule has 1 unspecified atom stereocenters. The van der Waals surface area contributed by atoms with Crippen molar-refractivity contribution < 1.29 is 27.1 Å². The van der Waals surface area contributed by atoms with E-state index >= 15 is 0 Å². The van der Waals surface area contributed by atoms with Crippen LogP contribution in [0.25, 0.3) is 0 Å². The van der Waals surface area contributed by atoms with Gasteiger partial charge in [0.2, 0.25) is 21.8 Å². The minimum absolute atomic E-state index is 0.0201. The van der Waals surface area contributed by atoms with Crippen LogP contribution < -0.4 is 14.4 Å². The molecule has 8 nitrogen and oxygen atoms in total. The van der Waals surface area contributed by atoms with Crippen LogP contribution in [0.4, 0.5) is 10.1 Å². The highest BCUT2D eigenvalue weighted by Crippen LogP contribution is 2.24. The van der Waals surface area contributed by atoms with Crippen LogP contribution in [0.1, 0.15) is 56.6 Å². The highest BCUT2D eigenvalue weighted by atomic mass is 32.2. The van der Waals surface area contributed by atoms with E-state index in [2.05, 4.69) is 5.32 Å². The molecule has 1 atom stereocenters. The molecule has 0 aromatic heterocycles. The first-order valence-corrected chi connectivity index (χ1v) is 17.1. The van der Waals surface area contributed by atoms with Crippen molar-refractivity contribution in [3.63, 3.8) is 0 Å². The maximum Gasteiger partial charge on any atom is 0.243 e. The molecule has 0 spiro atoms. The standard InChI is InChI=1S/C34H42FN3O5S/c1-3-43-31-21-19-30(20-22-31)38(44(2,41)42)23-9-14-33(39)37(25-27-15-17-28(35)18-16-27)32(24-26-10-5-4-6-11-26)34(40)36-29-12-7-8-13-29/h4-6,10-11,15-22,29,32H,3,7-9,12-14,23-25H2,1-2H3,(H,36,40). The van der Waals surface area contributed by atoms with Crippen LogP contribution in [0.15, 0.2) is 78.9 Å². The number of rotatable bonds is 15. The highest BCUT2D eigenvalue weighted by Gasteiger charge is 2.32. The van der Waals surface area contributed by atoms with Crippen LogP contribution in [0, 0.1) is 5.82 Å². The van der Waals surface area contributed by atoms with E-state index in [1.165, 1.54) is 16.4 Å². The predicted octanol–water partition coefficient (Wildman–Crippen LogP) is 5.47. The number of sulfonamides is 1. The Morgan fingerprint density at radius 3 is 2.23 bits per heavy atom. The summed E-state index contributed by atoms with van der Waals surface area (Å²) in [7, 11) is -3.63. The molecule has 0 bridgehead atoms. The zero-order valence-electron chi connectivity index (χ0n) is 25.5. The maximum absolute atomic E-state index is 14.0. The van der Waals surface area contributed by atoms with Crippen molar-refractivity contribution in [3.05, 3.63) is 95.8 Å². The molecule has 3 aromatic rings. The highest BCUT2D eigenvalue weighted by molar-refractivity contribution is 7.92. The molecule has 0 saturated heterocycles. The van der Waals surface area contributed by atoms with Gasteiger partial charge in [-0.05, 0) is 73.7 Å². The third-order valence-corrected chi connectivity index (χ3v) is 9.02. The number of benzene rings is 3. The molecule has 1 saturated carbocycles. The Bertz CT molecular complexity index is 1460. The summed E-state index contributed by atoms with van der Waals surface area (Å²) in [6.45, 7) is 2.56. The van der Waals surface area contributed by atoms with Crippen LogP contribution in [0.3, 0.4) is 0 Å². The van der Waals surface area contributed by atoms with Crippen LogP contribution in [-0.2, 0) is 32.6 Å². The minimum atomic E-state index is -3.63. The quantitative estimate of drug-likeness (QED) is 0.242. The Labute approximate surface area is 260 Å². The van der Waals surface area contributed by atoms with Crippen LogP contribution in [0.2, 0.25) is 0 Å². The van der Waals surface area contributed by atoms with Gasteiger partial charge in [0.25, 0.3) is 0 Å². The fraction of sp³-hybridized carbons (Fsp3) is 0.412. The molecule has 1 aliphatic carbocycles. The van der Waals surface area contributed by atoms with Crippen molar-refractivity contribution in [1.82, 2.24) is 10.2 Å². The lowest BCUT2D eigenvalue weighted by atomic mass is 10.0. The van der Waals surface area contributed by atoms with Crippen molar-refractivity contribution >= 4 is 27.5 Å². The second-order valence-electron chi connectivity index (χ2n) is 11.2. The molecule has 1 aliphatic rings. The molecule has 1 N–H and O–H groups in total. The average Bonchev–Trinajstić information content (AvgIpc) is 3.51. The van der Waals surface area contributed by atoms with Crippen molar-refractivity contribution in [3.8, 4) is 5.75 Å². The van der Waals surface area contributed by atoms with Gasteiger partial charge in [0.1, 0.15) is 17.6 Å². The van der Waals surface area contributed by atoms with E-state index in [1.54, 1.807) is 41.3 Å². The largest absolute Gasteiger partial charge is 0.494 e. The van der Waals surface area contributed by atoms with Gasteiger partial charge in [-0.1, -0.05) is 55.3 Å². The molecular weight excluding hydrogens is 581 g/mol. The van der Waals surface area contributed by atoms with Crippen LogP contribution in [-0.4, -0.2) is 56.6 Å². The SMILES string of the molecule is CCOc1ccc(N(CCCC(=O)N(Cc2ccc(F)cc2)C(Cc2ccccc2)C(=O)NC2CCCC2)S(C)(=O)=O)cc1. The molecule has 4 rings (SSSR count). The molecule has 10 heteroatoms. The number of halogens is 1. The summed E-state index contributed by atoms with van der Waals surface area (Å²) in [6.07, 6.45) is 5.62. The van der Waals surface area contributed by atoms with Crippen molar-refractivity contribution in [2.45, 2.75) is 70.5 Å². The summed E-state index contributed by atoms with van der Waals surface area (Å²) in [6, 6.07) is 21.5. The van der Waals surface area contributed by atoms with E-state index in [9.17, 15) is 22.4 Å². The van der Waals surface area contributed by atoms with Gasteiger partial charge in [0, 0.05) is 32.0 Å². The summed E-state index contributed by atoms with van der Waals surface area (Å²) in [4.78, 5) is 29.3. The molecule has 0 heterocycles. The third kappa shape index (κ3) is 9.54. The Morgan fingerprint density at radius 1 is 0.955 bits per heavy atom. The second kappa shape index (κ2) is 15.7. The number of nitrogens with one attached hydrogen (secondary N) is 1. The van der Waals surface area contributed by atoms with Gasteiger partial charge in [-0.15, -0.1) is 0 Å². The number of nitrogens with zero attached hydrogens (tertiary/aromatic N) is 2. The van der Waals surface area contributed by atoms with E-state index in [4.69, 9.17) is 4.74 Å². The normalized spacial score (nSPS) is 14.2. The Morgan fingerprint density at radius 2 is 1.61 bits per heavy atom. The lowest BCUT2D eigenvalue weighted by Crippen LogP contribution is -2.52. The summed E-state index contributed by atoms with van der Waals surface area (Å²) >= 11 is 0. The van der Waals surface area contributed by atoms with E-state index < -0.39 is 16.1 Å². The molecule has 0 radical (unpaired) electrons. The van der Waals surface area contributed by atoms with Crippen LogP contribution in [0.5, 0.6) is 5.75 Å². The molecule has 236 valence electrons. The summed E-state index contributed by atoms with van der Waals surface area (Å²) < 4.78 is 45.9. The summed E-state index contributed by atoms with van der Waals surface area (Å²) in [5.74, 6) is -0.251.